The standard InChI is InChI=1S/C15H21NO3/c1-10-5-6-14(17)13(8-10)11(2)16-7-3-4-12(16)9-15(18)19/h5-6,8,11-12,17H,3-4,7,9H2,1-2H3,(H,18,19). The zero-order valence-electron chi connectivity index (χ0n) is 11.5. The summed E-state index contributed by atoms with van der Waals surface area (Å²) in [7, 11) is 0. The summed E-state index contributed by atoms with van der Waals surface area (Å²) in [5.74, 6) is -0.461. The van der Waals surface area contributed by atoms with Crippen LogP contribution >= 0.6 is 0 Å². The minimum Gasteiger partial charge on any atom is -0.508 e. The molecule has 0 saturated carbocycles. The Hall–Kier alpha value is -1.55. The van der Waals surface area contributed by atoms with Gasteiger partial charge in [0.05, 0.1) is 6.42 Å². The van der Waals surface area contributed by atoms with Gasteiger partial charge >= 0.3 is 5.97 Å². The van der Waals surface area contributed by atoms with Gasteiger partial charge in [-0.1, -0.05) is 17.7 Å². The Morgan fingerprint density at radius 3 is 2.95 bits per heavy atom. The molecule has 1 aliphatic rings. The van der Waals surface area contributed by atoms with Crippen molar-refractivity contribution in [1.82, 2.24) is 4.90 Å². The van der Waals surface area contributed by atoms with Gasteiger partial charge in [-0.05, 0) is 39.3 Å². The molecule has 0 aliphatic carbocycles. The summed E-state index contributed by atoms with van der Waals surface area (Å²) in [6, 6.07) is 5.70. The summed E-state index contributed by atoms with van der Waals surface area (Å²) in [6.45, 7) is 4.93. The van der Waals surface area contributed by atoms with Crippen molar-refractivity contribution in [2.24, 2.45) is 0 Å². The normalized spacial score (nSPS) is 21.5. The molecule has 0 spiro atoms. The van der Waals surface area contributed by atoms with E-state index in [1.807, 2.05) is 26.0 Å². The number of nitrogens with zero attached hydrogens (tertiary/aromatic N) is 1. The van der Waals surface area contributed by atoms with Crippen LogP contribution in [0.1, 0.15) is 43.4 Å². The number of benzene rings is 1. The molecule has 1 aliphatic heterocycles. The highest BCUT2D eigenvalue weighted by Crippen LogP contribution is 2.34. The molecule has 1 saturated heterocycles. The maximum atomic E-state index is 10.9. The van der Waals surface area contributed by atoms with E-state index in [0.29, 0.717) is 5.75 Å². The summed E-state index contributed by atoms with van der Waals surface area (Å²) in [5, 5.41) is 19.0. The van der Waals surface area contributed by atoms with Gasteiger partial charge < -0.3 is 10.2 Å². The van der Waals surface area contributed by atoms with Crippen molar-refractivity contribution in [2.75, 3.05) is 6.54 Å². The smallest absolute Gasteiger partial charge is 0.304 e. The van der Waals surface area contributed by atoms with Crippen LogP contribution in [0.5, 0.6) is 5.75 Å². The van der Waals surface area contributed by atoms with Gasteiger partial charge in [0, 0.05) is 17.6 Å². The van der Waals surface area contributed by atoms with Crippen LogP contribution in [0, 0.1) is 6.92 Å². The van der Waals surface area contributed by atoms with Crippen molar-refractivity contribution in [3.8, 4) is 5.75 Å². The van der Waals surface area contributed by atoms with Crippen molar-refractivity contribution < 1.29 is 15.0 Å². The fraction of sp³-hybridized carbons (Fsp3) is 0.533. The maximum Gasteiger partial charge on any atom is 0.304 e. The first kappa shape index (κ1) is 13.9. The van der Waals surface area contributed by atoms with Crippen molar-refractivity contribution in [1.29, 1.82) is 0 Å². The molecule has 0 bridgehead atoms. The number of hydrogen-bond acceptors (Lipinski definition) is 3. The quantitative estimate of drug-likeness (QED) is 0.876. The van der Waals surface area contributed by atoms with Gasteiger partial charge in [-0.2, -0.15) is 0 Å². The van der Waals surface area contributed by atoms with E-state index in [-0.39, 0.29) is 18.5 Å². The molecule has 1 heterocycles. The largest absolute Gasteiger partial charge is 0.508 e. The topological polar surface area (TPSA) is 60.8 Å². The third-order valence-electron chi connectivity index (χ3n) is 3.96. The molecule has 19 heavy (non-hydrogen) atoms. The second kappa shape index (κ2) is 5.61. The minimum atomic E-state index is -0.752. The molecule has 2 atom stereocenters. The highest BCUT2D eigenvalue weighted by atomic mass is 16.4. The molecule has 4 heteroatoms. The second-order valence-electron chi connectivity index (χ2n) is 5.37. The van der Waals surface area contributed by atoms with E-state index in [1.54, 1.807) is 6.07 Å². The number of rotatable bonds is 4. The van der Waals surface area contributed by atoms with E-state index < -0.39 is 5.97 Å². The minimum absolute atomic E-state index is 0.0479. The lowest BCUT2D eigenvalue weighted by molar-refractivity contribution is -0.138. The fourth-order valence-corrected chi connectivity index (χ4v) is 2.98. The van der Waals surface area contributed by atoms with Crippen LogP contribution in [0.4, 0.5) is 0 Å². The molecule has 2 N–H and O–H groups in total. The molecular weight excluding hydrogens is 242 g/mol. The monoisotopic (exact) mass is 263 g/mol. The SMILES string of the molecule is Cc1ccc(O)c(C(C)N2CCCC2CC(=O)O)c1. The number of likely N-dealkylation sites (tertiary alicyclic amines) is 1. The van der Waals surface area contributed by atoms with Crippen LogP contribution in [-0.4, -0.2) is 33.7 Å². The molecular formula is C15H21NO3. The Labute approximate surface area is 113 Å². The molecule has 2 unspecified atom stereocenters. The Balaban J connectivity index is 2.20. The average Bonchev–Trinajstić information content (AvgIpc) is 2.78. The van der Waals surface area contributed by atoms with Crippen molar-refractivity contribution in [3.05, 3.63) is 29.3 Å². The van der Waals surface area contributed by atoms with Gasteiger partial charge in [-0.3, -0.25) is 9.69 Å². The first-order chi connectivity index (χ1) is 8.99. The number of carboxylic acids is 1. The van der Waals surface area contributed by atoms with Crippen LogP contribution < -0.4 is 0 Å². The molecule has 1 aromatic rings. The van der Waals surface area contributed by atoms with Crippen LogP contribution in [-0.2, 0) is 4.79 Å². The van der Waals surface area contributed by atoms with Crippen LogP contribution in [0.15, 0.2) is 18.2 Å². The Morgan fingerprint density at radius 1 is 1.53 bits per heavy atom. The summed E-state index contributed by atoms with van der Waals surface area (Å²) in [5.41, 5.74) is 1.99. The first-order valence-corrected chi connectivity index (χ1v) is 6.76. The molecule has 2 rings (SSSR count). The molecule has 4 nitrogen and oxygen atoms in total. The number of carboxylic acid groups (broad SMARTS) is 1. The van der Waals surface area contributed by atoms with E-state index in [9.17, 15) is 9.90 Å². The lowest BCUT2D eigenvalue weighted by Gasteiger charge is -2.30. The summed E-state index contributed by atoms with van der Waals surface area (Å²) in [6.07, 6.45) is 2.12. The van der Waals surface area contributed by atoms with Gasteiger partial charge in [0.2, 0.25) is 0 Å². The van der Waals surface area contributed by atoms with Crippen LogP contribution in [0.25, 0.3) is 0 Å². The van der Waals surface area contributed by atoms with Crippen molar-refractivity contribution in [3.63, 3.8) is 0 Å². The predicted octanol–water partition coefficient (Wildman–Crippen LogP) is 2.70. The average molecular weight is 263 g/mol. The Kier molecular flexibility index (Phi) is 4.10. The summed E-state index contributed by atoms with van der Waals surface area (Å²) < 4.78 is 0. The zero-order chi connectivity index (χ0) is 14.0. The molecule has 104 valence electrons. The maximum absolute atomic E-state index is 10.9. The van der Waals surface area contributed by atoms with E-state index in [0.717, 1.165) is 30.5 Å². The summed E-state index contributed by atoms with van der Waals surface area (Å²) >= 11 is 0. The van der Waals surface area contributed by atoms with Gasteiger partial charge in [-0.15, -0.1) is 0 Å². The highest BCUT2D eigenvalue weighted by molar-refractivity contribution is 5.67. The molecule has 0 radical (unpaired) electrons. The van der Waals surface area contributed by atoms with Crippen molar-refractivity contribution in [2.45, 2.75) is 45.2 Å². The molecule has 1 aromatic carbocycles. The van der Waals surface area contributed by atoms with E-state index in [4.69, 9.17) is 5.11 Å². The second-order valence-corrected chi connectivity index (χ2v) is 5.37. The number of phenols is 1. The van der Waals surface area contributed by atoms with Crippen LogP contribution in [0.3, 0.4) is 0 Å². The lowest BCUT2D eigenvalue weighted by atomic mass is 10.0. The molecule has 0 amide bonds. The Bertz CT molecular complexity index is 472. The third kappa shape index (κ3) is 3.07. The van der Waals surface area contributed by atoms with Gasteiger partial charge in [0.15, 0.2) is 0 Å². The van der Waals surface area contributed by atoms with E-state index >= 15 is 0 Å². The van der Waals surface area contributed by atoms with Gasteiger partial charge in [-0.25, -0.2) is 0 Å². The molecule has 1 fully saturated rings. The highest BCUT2D eigenvalue weighted by Gasteiger charge is 2.31. The van der Waals surface area contributed by atoms with E-state index in [2.05, 4.69) is 4.90 Å². The van der Waals surface area contributed by atoms with Crippen molar-refractivity contribution >= 4 is 5.97 Å². The number of aliphatic carboxylic acids is 1. The zero-order valence-corrected chi connectivity index (χ0v) is 11.5. The Morgan fingerprint density at radius 2 is 2.26 bits per heavy atom. The number of aryl methyl sites for hydroxylation is 1. The lowest BCUT2D eigenvalue weighted by Crippen LogP contribution is -2.33. The number of hydrogen-bond donors (Lipinski definition) is 2. The predicted molar refractivity (Wildman–Crippen MR) is 73.2 cm³/mol. The van der Waals surface area contributed by atoms with E-state index in [1.165, 1.54) is 0 Å². The molecule has 0 aromatic heterocycles. The number of carbonyl (C=O) groups is 1. The third-order valence-corrected chi connectivity index (χ3v) is 3.96. The van der Waals surface area contributed by atoms with Gasteiger partial charge in [0.1, 0.15) is 5.75 Å². The van der Waals surface area contributed by atoms with Crippen LogP contribution in [0.2, 0.25) is 0 Å². The first-order valence-electron chi connectivity index (χ1n) is 6.76. The fourth-order valence-electron chi connectivity index (χ4n) is 2.98. The van der Waals surface area contributed by atoms with Gasteiger partial charge in [0.25, 0.3) is 0 Å². The summed E-state index contributed by atoms with van der Waals surface area (Å²) in [4.78, 5) is 13.1. The number of aromatic hydroxyl groups is 1. The number of phenolic OH excluding ortho intramolecular Hbond substituents is 1.